The third-order valence-electron chi connectivity index (χ3n) is 5.25. The highest BCUT2D eigenvalue weighted by Gasteiger charge is 2.27. The van der Waals surface area contributed by atoms with Crippen molar-refractivity contribution in [3.05, 3.63) is 65.0 Å². The molecule has 0 fully saturated rings. The third kappa shape index (κ3) is 9.00. The van der Waals surface area contributed by atoms with Crippen LogP contribution in [0.5, 0.6) is 5.75 Å². The predicted octanol–water partition coefficient (Wildman–Crippen LogP) is 1.69. The number of hydrogen-bond acceptors (Lipinski definition) is 6. The Hall–Kier alpha value is -4.08. The van der Waals surface area contributed by atoms with Gasteiger partial charge in [0.1, 0.15) is 23.7 Å². The van der Waals surface area contributed by atoms with Gasteiger partial charge in [0.2, 0.25) is 17.7 Å². The maximum atomic E-state index is 13.1. The van der Waals surface area contributed by atoms with Crippen LogP contribution in [0.25, 0.3) is 0 Å². The Bertz CT molecular complexity index is 1090. The molecule has 0 saturated heterocycles. The van der Waals surface area contributed by atoms with Crippen LogP contribution >= 0.6 is 0 Å². The second-order valence-electron chi connectivity index (χ2n) is 8.13. The second-order valence-corrected chi connectivity index (χ2v) is 8.13. The van der Waals surface area contributed by atoms with Gasteiger partial charge in [-0.3, -0.25) is 19.2 Å². The van der Waals surface area contributed by atoms with E-state index in [2.05, 4.69) is 16.0 Å². The second kappa shape index (κ2) is 13.0. The van der Waals surface area contributed by atoms with E-state index in [1.807, 2.05) is 0 Å². The van der Waals surface area contributed by atoms with Gasteiger partial charge in [-0.2, -0.15) is 0 Å². The first-order valence-corrected chi connectivity index (χ1v) is 11.0. The summed E-state index contributed by atoms with van der Waals surface area (Å²) in [5.74, 6) is -2.46. The van der Waals surface area contributed by atoms with Crippen LogP contribution in [0, 0.1) is 18.2 Å². The molecule has 2 aromatic rings. The molecule has 2 atom stereocenters. The van der Waals surface area contributed by atoms with Crippen LogP contribution < -0.4 is 16.0 Å². The van der Waals surface area contributed by atoms with Crippen LogP contribution in [0.15, 0.2) is 42.5 Å². The zero-order valence-electron chi connectivity index (χ0n) is 19.6. The smallest absolute Gasteiger partial charge is 0.243 e. The van der Waals surface area contributed by atoms with Crippen molar-refractivity contribution in [3.63, 3.8) is 0 Å². The summed E-state index contributed by atoms with van der Waals surface area (Å²) in [4.78, 5) is 49.2. The van der Waals surface area contributed by atoms with E-state index in [0.29, 0.717) is 22.9 Å². The Morgan fingerprint density at radius 2 is 1.66 bits per heavy atom. The Morgan fingerprint density at radius 3 is 2.26 bits per heavy atom. The van der Waals surface area contributed by atoms with Gasteiger partial charge in [-0.1, -0.05) is 24.3 Å². The summed E-state index contributed by atoms with van der Waals surface area (Å²) in [5, 5.41) is 24.6. The topological polar surface area (TPSA) is 148 Å². The molecule has 3 amide bonds. The minimum absolute atomic E-state index is 0.0552. The minimum atomic E-state index is -1.11. The molecular formula is C25H29FN4O5. The molecule has 0 radical (unpaired) electrons. The molecule has 0 saturated carbocycles. The van der Waals surface area contributed by atoms with Crippen molar-refractivity contribution in [2.75, 3.05) is 0 Å². The van der Waals surface area contributed by atoms with Gasteiger partial charge in [0.05, 0.1) is 6.21 Å². The molecule has 0 unspecified atom stereocenters. The Labute approximate surface area is 202 Å². The van der Waals surface area contributed by atoms with Crippen molar-refractivity contribution in [2.45, 2.75) is 51.7 Å². The van der Waals surface area contributed by atoms with E-state index in [1.54, 1.807) is 19.1 Å². The third-order valence-corrected chi connectivity index (χ3v) is 5.25. The number of amides is 3. The lowest BCUT2D eigenvalue weighted by atomic mass is 10.0. The molecule has 5 N–H and O–H groups in total. The largest absolute Gasteiger partial charge is 0.508 e. The maximum absolute atomic E-state index is 13.1. The van der Waals surface area contributed by atoms with Crippen molar-refractivity contribution >= 4 is 29.7 Å². The number of nitrogens with one attached hydrogen (secondary N) is 4. The van der Waals surface area contributed by atoms with Crippen molar-refractivity contribution < 1.29 is 28.7 Å². The van der Waals surface area contributed by atoms with Crippen LogP contribution in [0.3, 0.4) is 0 Å². The van der Waals surface area contributed by atoms with E-state index in [9.17, 15) is 28.7 Å². The minimum Gasteiger partial charge on any atom is -0.508 e. The number of Topliss-reactive ketones (excluding diaryl/α,β-unsaturated/α-hetero) is 1. The quantitative estimate of drug-likeness (QED) is 0.291. The average molecular weight is 485 g/mol. The van der Waals surface area contributed by atoms with E-state index in [1.165, 1.54) is 37.3 Å². The van der Waals surface area contributed by atoms with Gasteiger partial charge in [-0.05, 0) is 48.2 Å². The molecule has 10 heteroatoms. The maximum Gasteiger partial charge on any atom is 0.243 e. The highest BCUT2D eigenvalue weighted by molar-refractivity contribution is 6.26. The van der Waals surface area contributed by atoms with Gasteiger partial charge in [0.15, 0.2) is 5.78 Å². The monoisotopic (exact) mass is 484 g/mol. The summed E-state index contributed by atoms with van der Waals surface area (Å²) < 4.78 is 13.1. The van der Waals surface area contributed by atoms with Gasteiger partial charge in [0, 0.05) is 26.3 Å². The van der Waals surface area contributed by atoms with E-state index < -0.39 is 41.4 Å². The molecule has 0 spiro atoms. The van der Waals surface area contributed by atoms with Gasteiger partial charge < -0.3 is 26.5 Å². The average Bonchev–Trinajstić information content (AvgIpc) is 2.82. The summed E-state index contributed by atoms with van der Waals surface area (Å²) in [7, 11) is 0. The van der Waals surface area contributed by atoms with Crippen molar-refractivity contribution in [3.8, 4) is 5.75 Å². The number of aryl methyl sites for hydroxylation is 1. The number of phenols is 1. The molecule has 0 bridgehead atoms. The molecule has 0 aliphatic carbocycles. The molecule has 9 nitrogen and oxygen atoms in total. The first-order chi connectivity index (χ1) is 16.6. The number of phenolic OH excluding ortho intramolecular Hbond substituents is 1. The first-order valence-electron chi connectivity index (χ1n) is 11.0. The summed E-state index contributed by atoms with van der Waals surface area (Å²) in [6.45, 7) is 3.04. The Kier molecular flexibility index (Phi) is 10.1. The standard InChI is InChI=1S/C25H29FN4O5/c1-15-11-18(5-10-23(15)33)12-22(29-16(2)31)25(35)30-21(9-8-20(32)13-27)24(34)28-14-17-3-6-19(26)7-4-17/h3-7,10-11,13,21-22,27,33H,8-9,12,14H2,1-2H3,(H,28,34)(H,29,31)(H,30,35)/t21-,22-/m0/s1. The summed E-state index contributed by atoms with van der Waals surface area (Å²) in [5.41, 5.74) is 1.93. The van der Waals surface area contributed by atoms with Crippen LogP contribution in [0.4, 0.5) is 4.39 Å². The van der Waals surface area contributed by atoms with Crippen molar-refractivity contribution in [1.29, 1.82) is 5.41 Å². The molecule has 35 heavy (non-hydrogen) atoms. The Balaban J connectivity index is 2.15. The van der Waals surface area contributed by atoms with Gasteiger partial charge in [-0.15, -0.1) is 0 Å². The van der Waals surface area contributed by atoms with Gasteiger partial charge in [-0.25, -0.2) is 4.39 Å². The predicted molar refractivity (Wildman–Crippen MR) is 127 cm³/mol. The fourth-order valence-corrected chi connectivity index (χ4v) is 3.35. The number of aromatic hydroxyl groups is 1. The van der Waals surface area contributed by atoms with Crippen LogP contribution in [0.1, 0.15) is 36.5 Å². The van der Waals surface area contributed by atoms with E-state index in [0.717, 1.165) is 0 Å². The number of ketones is 1. The lowest BCUT2D eigenvalue weighted by Gasteiger charge is -2.23. The van der Waals surface area contributed by atoms with Gasteiger partial charge >= 0.3 is 0 Å². The molecule has 2 aromatic carbocycles. The number of hydrogen-bond donors (Lipinski definition) is 5. The molecule has 0 aliphatic rings. The number of halogens is 1. The molecule has 186 valence electrons. The number of benzene rings is 2. The van der Waals surface area contributed by atoms with E-state index >= 15 is 0 Å². The van der Waals surface area contributed by atoms with Crippen LogP contribution in [0.2, 0.25) is 0 Å². The fraction of sp³-hybridized carbons (Fsp3) is 0.320. The summed E-state index contributed by atoms with van der Waals surface area (Å²) >= 11 is 0. The lowest BCUT2D eigenvalue weighted by molar-refractivity contribution is -0.132. The SMILES string of the molecule is CC(=O)N[C@@H](Cc1ccc(O)c(C)c1)C(=O)N[C@@H](CCC(=O)C=N)C(=O)NCc1ccc(F)cc1. The van der Waals surface area contributed by atoms with Crippen molar-refractivity contribution in [1.82, 2.24) is 16.0 Å². The van der Waals surface area contributed by atoms with Crippen LogP contribution in [-0.2, 0) is 32.1 Å². The summed E-state index contributed by atoms with van der Waals surface area (Å²) in [6.07, 6.45) is 0.555. The van der Waals surface area contributed by atoms with Gasteiger partial charge in [0.25, 0.3) is 0 Å². The van der Waals surface area contributed by atoms with E-state index in [-0.39, 0.29) is 31.6 Å². The molecule has 0 aliphatic heterocycles. The fourth-order valence-electron chi connectivity index (χ4n) is 3.35. The molecule has 2 rings (SSSR count). The number of carbonyl (C=O) groups excluding carboxylic acids is 4. The highest BCUT2D eigenvalue weighted by atomic mass is 19.1. The first kappa shape index (κ1) is 27.2. The zero-order valence-corrected chi connectivity index (χ0v) is 19.6. The highest BCUT2D eigenvalue weighted by Crippen LogP contribution is 2.18. The van der Waals surface area contributed by atoms with Crippen molar-refractivity contribution in [2.24, 2.45) is 0 Å². The van der Waals surface area contributed by atoms with E-state index in [4.69, 9.17) is 5.41 Å². The number of carbonyl (C=O) groups is 4. The molecule has 0 aromatic heterocycles. The van der Waals surface area contributed by atoms with Crippen LogP contribution in [-0.4, -0.2) is 46.9 Å². The lowest BCUT2D eigenvalue weighted by Crippen LogP contribution is -2.54. The molecular weight excluding hydrogens is 455 g/mol. The molecule has 0 heterocycles. The normalized spacial score (nSPS) is 12.2. The summed E-state index contributed by atoms with van der Waals surface area (Å²) in [6, 6.07) is 8.21. The Morgan fingerprint density at radius 1 is 1.00 bits per heavy atom. The zero-order chi connectivity index (χ0) is 26.0. The number of rotatable bonds is 12.